The van der Waals surface area contributed by atoms with Crippen LogP contribution in [-0.4, -0.2) is 0 Å². The summed E-state index contributed by atoms with van der Waals surface area (Å²) in [6.45, 7) is 8.06. The van der Waals surface area contributed by atoms with Crippen LogP contribution in [0.4, 0.5) is 0 Å². The number of hydrogen-bond acceptors (Lipinski definition) is 0. The van der Waals surface area contributed by atoms with Crippen molar-refractivity contribution in [3.05, 3.63) is 182 Å². The summed E-state index contributed by atoms with van der Waals surface area (Å²) in [7, 11) is 0. The molecule has 0 atom stereocenters. The third-order valence-corrected chi connectivity index (χ3v) is 9.96. The van der Waals surface area contributed by atoms with Gasteiger partial charge in [0.15, 0.2) is 0 Å². The van der Waals surface area contributed by atoms with Crippen molar-refractivity contribution in [1.82, 2.24) is 0 Å². The summed E-state index contributed by atoms with van der Waals surface area (Å²) in [6.07, 6.45) is 3.80. The van der Waals surface area contributed by atoms with Crippen molar-refractivity contribution in [3.63, 3.8) is 0 Å². The van der Waals surface area contributed by atoms with Gasteiger partial charge in [0.2, 0.25) is 0 Å². The van der Waals surface area contributed by atoms with Gasteiger partial charge in [-0.05, 0) is 135 Å². The van der Waals surface area contributed by atoms with Gasteiger partial charge in [-0.3, -0.25) is 0 Å². The van der Waals surface area contributed by atoms with Crippen LogP contribution < -0.4 is 0 Å². The fourth-order valence-corrected chi connectivity index (χ4v) is 7.49. The first-order chi connectivity index (χ1) is 23.7. The molecule has 0 heteroatoms. The van der Waals surface area contributed by atoms with E-state index in [1.54, 1.807) is 0 Å². The number of hydrogen-bond donors (Lipinski definition) is 0. The zero-order chi connectivity index (χ0) is 32.2. The molecule has 0 aromatic heterocycles. The van der Waals surface area contributed by atoms with Crippen LogP contribution in [0.25, 0.3) is 99.4 Å². The molecule has 9 aromatic carbocycles. The quantitative estimate of drug-likeness (QED) is 0.171. The van der Waals surface area contributed by atoms with Crippen LogP contribution in [0.5, 0.6) is 0 Å². The Morgan fingerprint density at radius 2 is 0.771 bits per heavy atom. The van der Waals surface area contributed by atoms with Gasteiger partial charge in [0.25, 0.3) is 0 Å². The molecule has 0 saturated heterocycles. The Labute approximate surface area is 280 Å². The molecule has 0 spiro atoms. The molecule has 0 bridgehead atoms. The molecule has 0 aliphatic rings. The minimum Gasteiger partial charge on any atom is -0.0984 e. The van der Waals surface area contributed by atoms with Crippen molar-refractivity contribution in [1.29, 1.82) is 0 Å². The second-order valence-corrected chi connectivity index (χ2v) is 12.6. The minimum atomic E-state index is 1.09. The molecule has 0 aliphatic heterocycles. The van der Waals surface area contributed by atoms with Gasteiger partial charge in [0, 0.05) is 0 Å². The summed E-state index contributed by atoms with van der Waals surface area (Å²) in [5.41, 5.74) is 9.45. The lowest BCUT2D eigenvalue weighted by Crippen LogP contribution is -1.91. The van der Waals surface area contributed by atoms with E-state index < -0.39 is 0 Å². The van der Waals surface area contributed by atoms with Gasteiger partial charge < -0.3 is 0 Å². The third-order valence-electron chi connectivity index (χ3n) is 9.96. The molecular weight excluding hydrogens is 577 g/mol. The summed E-state index contributed by atoms with van der Waals surface area (Å²) >= 11 is 0. The Bertz CT molecular complexity index is 2760. The van der Waals surface area contributed by atoms with Crippen molar-refractivity contribution in [2.45, 2.75) is 0 Å². The van der Waals surface area contributed by atoms with Crippen LogP contribution in [0.1, 0.15) is 11.1 Å². The first kappa shape index (κ1) is 28.0. The monoisotopic (exact) mass is 608 g/mol. The number of rotatable bonds is 5. The van der Waals surface area contributed by atoms with Crippen LogP contribution in [0, 0.1) is 0 Å². The summed E-state index contributed by atoms with van der Waals surface area (Å²) in [5, 5.41) is 12.5. The molecular formula is C48H32. The molecule has 0 unspecified atom stereocenters. The Balaban J connectivity index is 1.37. The van der Waals surface area contributed by atoms with Crippen LogP contribution in [0.3, 0.4) is 0 Å². The molecule has 9 rings (SSSR count). The maximum absolute atomic E-state index is 4.06. The molecule has 9 aromatic rings. The Morgan fingerprint density at radius 3 is 1.40 bits per heavy atom. The van der Waals surface area contributed by atoms with Crippen molar-refractivity contribution >= 4 is 66.0 Å². The SMILES string of the molecule is C=Cc1ccc(-c2ccc3c(c2)c(-c2ccc4ccccc4c2)cc2c4ccccc4c(-c4ccc5ccccc5c4)cc32)cc1C=C. The van der Waals surface area contributed by atoms with Crippen LogP contribution in [0.15, 0.2) is 171 Å². The highest BCUT2D eigenvalue weighted by atomic mass is 14.2. The van der Waals surface area contributed by atoms with E-state index in [2.05, 4.69) is 171 Å². The second kappa shape index (κ2) is 11.2. The summed E-state index contributed by atoms with van der Waals surface area (Å²) in [6, 6.07) is 58.1. The first-order valence-corrected chi connectivity index (χ1v) is 16.5. The lowest BCUT2D eigenvalue weighted by molar-refractivity contribution is 1.59. The van der Waals surface area contributed by atoms with Gasteiger partial charge in [-0.15, -0.1) is 0 Å². The molecule has 0 nitrogen and oxygen atoms in total. The van der Waals surface area contributed by atoms with Gasteiger partial charge in [0.05, 0.1) is 0 Å². The number of benzene rings is 9. The van der Waals surface area contributed by atoms with E-state index in [-0.39, 0.29) is 0 Å². The normalized spacial score (nSPS) is 11.5. The van der Waals surface area contributed by atoms with Gasteiger partial charge in [-0.25, -0.2) is 0 Å². The molecule has 224 valence electrons. The number of fused-ring (bicyclic) bond motifs is 7. The van der Waals surface area contributed by atoms with E-state index in [9.17, 15) is 0 Å². The van der Waals surface area contributed by atoms with E-state index in [0.717, 1.165) is 16.7 Å². The lowest BCUT2D eigenvalue weighted by atomic mass is 9.86. The van der Waals surface area contributed by atoms with Crippen molar-refractivity contribution in [3.8, 4) is 33.4 Å². The predicted octanol–water partition coefficient (Wildman–Crippen LogP) is 13.7. The molecule has 0 fully saturated rings. The second-order valence-electron chi connectivity index (χ2n) is 12.6. The van der Waals surface area contributed by atoms with Gasteiger partial charge in [-0.1, -0.05) is 147 Å². The zero-order valence-electron chi connectivity index (χ0n) is 26.6. The standard InChI is InChI=1S/C48H32/c1-3-31-17-20-37(25-32(31)4-2)38-23-24-43-46(28-38)45(40-22-19-34-12-6-8-14-36(34)27-40)30-47-42-16-10-9-15-41(42)44(29-48(43)47)39-21-18-33-11-5-7-13-35(33)26-39/h3-30H,1-2H2. The molecule has 0 radical (unpaired) electrons. The van der Waals surface area contributed by atoms with Crippen LogP contribution in [0.2, 0.25) is 0 Å². The van der Waals surface area contributed by atoms with Gasteiger partial charge in [0.1, 0.15) is 0 Å². The molecule has 0 saturated carbocycles. The molecule has 0 aliphatic carbocycles. The fourth-order valence-electron chi connectivity index (χ4n) is 7.49. The Morgan fingerprint density at radius 1 is 0.292 bits per heavy atom. The van der Waals surface area contributed by atoms with E-state index >= 15 is 0 Å². The topological polar surface area (TPSA) is 0 Å². The highest BCUT2D eigenvalue weighted by Gasteiger charge is 2.16. The van der Waals surface area contributed by atoms with E-state index in [1.807, 2.05) is 12.2 Å². The van der Waals surface area contributed by atoms with Crippen molar-refractivity contribution < 1.29 is 0 Å². The van der Waals surface area contributed by atoms with Crippen molar-refractivity contribution in [2.24, 2.45) is 0 Å². The lowest BCUT2D eigenvalue weighted by Gasteiger charge is -2.17. The predicted molar refractivity (Wildman–Crippen MR) is 210 cm³/mol. The maximum Gasteiger partial charge on any atom is -0.00923 e. The Hall–Kier alpha value is -6.24. The minimum absolute atomic E-state index is 1.09. The van der Waals surface area contributed by atoms with E-state index in [4.69, 9.17) is 0 Å². The summed E-state index contributed by atoms with van der Waals surface area (Å²) in [4.78, 5) is 0. The smallest absolute Gasteiger partial charge is 0.00923 e. The third kappa shape index (κ3) is 4.54. The molecule has 0 N–H and O–H groups in total. The highest BCUT2D eigenvalue weighted by Crippen LogP contribution is 2.43. The van der Waals surface area contributed by atoms with E-state index in [0.29, 0.717) is 0 Å². The summed E-state index contributed by atoms with van der Waals surface area (Å²) < 4.78 is 0. The van der Waals surface area contributed by atoms with Gasteiger partial charge >= 0.3 is 0 Å². The Kier molecular flexibility index (Phi) is 6.55. The largest absolute Gasteiger partial charge is 0.0984 e. The molecule has 0 heterocycles. The average molecular weight is 609 g/mol. The molecule has 48 heavy (non-hydrogen) atoms. The van der Waals surface area contributed by atoms with Crippen molar-refractivity contribution in [2.75, 3.05) is 0 Å². The first-order valence-electron chi connectivity index (χ1n) is 16.5. The van der Waals surface area contributed by atoms with Crippen LogP contribution >= 0.6 is 0 Å². The van der Waals surface area contributed by atoms with Gasteiger partial charge in [-0.2, -0.15) is 0 Å². The van der Waals surface area contributed by atoms with Crippen LogP contribution in [-0.2, 0) is 0 Å². The average Bonchev–Trinajstić information content (AvgIpc) is 3.16. The molecule has 0 amide bonds. The zero-order valence-corrected chi connectivity index (χ0v) is 26.6. The summed E-state index contributed by atoms with van der Waals surface area (Å²) in [5.74, 6) is 0. The fraction of sp³-hybridized carbons (Fsp3) is 0. The van der Waals surface area contributed by atoms with E-state index in [1.165, 1.54) is 81.7 Å². The highest BCUT2D eigenvalue weighted by molar-refractivity contribution is 6.24. The maximum atomic E-state index is 4.06.